The monoisotopic (exact) mass is 520 g/mol. The van der Waals surface area contributed by atoms with Crippen LogP contribution in [0.5, 0.6) is 23.0 Å². The third-order valence-electron chi connectivity index (χ3n) is 7.99. The van der Waals surface area contributed by atoms with Crippen LogP contribution in [-0.2, 0) is 10.8 Å². The second-order valence-electron chi connectivity index (χ2n) is 9.91. The van der Waals surface area contributed by atoms with Gasteiger partial charge in [-0.1, -0.05) is 105 Å². The second-order valence-corrected chi connectivity index (χ2v) is 9.91. The van der Waals surface area contributed by atoms with Crippen LogP contribution in [-0.4, -0.2) is 20.4 Å². The first kappa shape index (κ1) is 27.6. The van der Waals surface area contributed by atoms with Crippen LogP contribution in [0.25, 0.3) is 0 Å². The molecule has 4 rings (SSSR count). The van der Waals surface area contributed by atoms with Crippen LogP contribution in [0.1, 0.15) is 48.4 Å². The smallest absolute Gasteiger partial charge is 0.120 e. The molecule has 4 nitrogen and oxygen atoms in total. The molecule has 0 atom stereocenters. The van der Waals surface area contributed by atoms with Crippen molar-refractivity contribution >= 4 is 0 Å². The molecule has 39 heavy (non-hydrogen) atoms. The van der Waals surface area contributed by atoms with Crippen LogP contribution in [0.4, 0.5) is 0 Å². The van der Waals surface area contributed by atoms with Crippen molar-refractivity contribution < 1.29 is 20.4 Å². The first-order valence-electron chi connectivity index (χ1n) is 13.3. The average Bonchev–Trinajstić information content (AvgIpc) is 2.95. The number of allylic oxidation sites excluding steroid dienone is 2. The summed E-state index contributed by atoms with van der Waals surface area (Å²) in [7, 11) is 0. The zero-order valence-electron chi connectivity index (χ0n) is 22.3. The van der Waals surface area contributed by atoms with E-state index >= 15 is 0 Å². The molecule has 0 aromatic heterocycles. The second kappa shape index (κ2) is 11.5. The Morgan fingerprint density at radius 2 is 0.846 bits per heavy atom. The van der Waals surface area contributed by atoms with E-state index in [1.54, 1.807) is 60.7 Å². The minimum atomic E-state index is -1.18. The highest BCUT2D eigenvalue weighted by Crippen LogP contribution is 2.59. The van der Waals surface area contributed by atoms with E-state index in [4.69, 9.17) is 0 Å². The Kier molecular flexibility index (Phi) is 8.15. The maximum Gasteiger partial charge on any atom is 0.120 e. The highest BCUT2D eigenvalue weighted by Gasteiger charge is 2.54. The summed E-state index contributed by atoms with van der Waals surface area (Å²) < 4.78 is 0. The molecule has 4 heteroatoms. The standard InChI is InChI=1S/C35H36O4/c1-4-7-24-33(34(5-2,25-16-8-12-20-29(25)36)26-17-9-13-21-30(26)37)35(6-3,27-18-10-14-22-31(27)38)28-19-11-15-23-32(28)39/h5-6,8-23,33,36-39H,2-4,7,24H2,1H3. The highest BCUT2D eigenvalue weighted by atomic mass is 16.3. The first-order valence-corrected chi connectivity index (χ1v) is 13.3. The number of hydrogen-bond donors (Lipinski definition) is 4. The third-order valence-corrected chi connectivity index (χ3v) is 7.99. The Labute approximate surface area is 230 Å². The fourth-order valence-corrected chi connectivity index (χ4v) is 6.28. The molecule has 0 saturated carbocycles. The molecule has 0 aliphatic carbocycles. The van der Waals surface area contributed by atoms with Crippen LogP contribution in [0.2, 0.25) is 0 Å². The quantitative estimate of drug-likeness (QED) is 0.151. The molecule has 0 aliphatic heterocycles. The molecule has 200 valence electrons. The topological polar surface area (TPSA) is 80.9 Å². The van der Waals surface area contributed by atoms with Crippen LogP contribution < -0.4 is 0 Å². The van der Waals surface area contributed by atoms with Crippen molar-refractivity contribution in [1.29, 1.82) is 0 Å². The summed E-state index contributed by atoms with van der Waals surface area (Å²) in [6, 6.07) is 28.3. The van der Waals surface area contributed by atoms with Crippen molar-refractivity contribution in [2.24, 2.45) is 5.92 Å². The fraction of sp³-hybridized carbons (Fsp3) is 0.200. The molecule has 4 aromatic carbocycles. The van der Waals surface area contributed by atoms with Crippen molar-refractivity contribution in [3.8, 4) is 23.0 Å². The molecule has 0 amide bonds. The van der Waals surface area contributed by atoms with E-state index in [1.807, 2.05) is 48.5 Å². The SMILES string of the molecule is C=CC(c1ccccc1O)(c1ccccc1O)C(CCCC)C(C=C)(c1ccccc1O)c1ccccc1O. The van der Waals surface area contributed by atoms with Gasteiger partial charge in [-0.3, -0.25) is 0 Å². The minimum Gasteiger partial charge on any atom is -0.508 e. The molecule has 4 aromatic rings. The van der Waals surface area contributed by atoms with Crippen LogP contribution in [0.15, 0.2) is 122 Å². The van der Waals surface area contributed by atoms with E-state index in [9.17, 15) is 20.4 Å². The summed E-state index contributed by atoms with van der Waals surface area (Å²) in [6.45, 7) is 10.7. The number of unbranched alkanes of at least 4 members (excludes halogenated alkanes) is 1. The van der Waals surface area contributed by atoms with E-state index in [2.05, 4.69) is 20.1 Å². The molecule has 0 saturated heterocycles. The molecule has 0 fully saturated rings. The first-order chi connectivity index (χ1) is 18.9. The largest absolute Gasteiger partial charge is 0.508 e. The van der Waals surface area contributed by atoms with Gasteiger partial charge in [0, 0.05) is 33.1 Å². The molecule has 0 radical (unpaired) electrons. The predicted octanol–water partition coefficient (Wildman–Crippen LogP) is 7.96. The van der Waals surface area contributed by atoms with E-state index in [0.29, 0.717) is 28.7 Å². The fourth-order valence-electron chi connectivity index (χ4n) is 6.28. The number of phenols is 4. The van der Waals surface area contributed by atoms with Crippen molar-refractivity contribution in [3.63, 3.8) is 0 Å². The molecular formula is C35H36O4. The molecule has 0 aliphatic rings. The van der Waals surface area contributed by atoms with Gasteiger partial charge in [0.05, 0.1) is 0 Å². The summed E-state index contributed by atoms with van der Waals surface area (Å²) in [5, 5.41) is 45.4. The maximum absolute atomic E-state index is 11.3. The Morgan fingerprint density at radius 1 is 0.564 bits per heavy atom. The zero-order chi connectivity index (χ0) is 28.0. The van der Waals surface area contributed by atoms with Gasteiger partial charge >= 0.3 is 0 Å². The number of hydrogen-bond acceptors (Lipinski definition) is 4. The predicted molar refractivity (Wildman–Crippen MR) is 157 cm³/mol. The number of benzene rings is 4. The lowest BCUT2D eigenvalue weighted by atomic mass is 9.51. The Morgan fingerprint density at radius 3 is 1.08 bits per heavy atom. The summed E-state index contributed by atoms with van der Waals surface area (Å²) in [5.41, 5.74) is -0.131. The number of para-hydroxylation sites is 4. The van der Waals surface area contributed by atoms with Crippen LogP contribution >= 0.6 is 0 Å². The Balaban J connectivity index is 2.26. The number of aromatic hydroxyl groups is 4. The lowest BCUT2D eigenvalue weighted by molar-refractivity contribution is 0.243. The van der Waals surface area contributed by atoms with Gasteiger partial charge in [-0.05, 0) is 36.6 Å². The van der Waals surface area contributed by atoms with Crippen molar-refractivity contribution in [2.45, 2.75) is 37.0 Å². The summed E-state index contributed by atoms with van der Waals surface area (Å²) in [5.74, 6) is -0.308. The normalized spacial score (nSPS) is 11.8. The van der Waals surface area contributed by atoms with Gasteiger partial charge < -0.3 is 20.4 Å². The van der Waals surface area contributed by atoms with Crippen molar-refractivity contribution in [3.05, 3.63) is 145 Å². The molecule has 4 N–H and O–H groups in total. The average molecular weight is 521 g/mol. The number of rotatable bonds is 11. The maximum atomic E-state index is 11.3. The summed E-state index contributed by atoms with van der Waals surface area (Å²) in [6.07, 6.45) is 5.80. The lowest BCUT2D eigenvalue weighted by Crippen LogP contribution is -2.48. The van der Waals surface area contributed by atoms with Gasteiger partial charge in [-0.15, -0.1) is 13.2 Å². The zero-order valence-corrected chi connectivity index (χ0v) is 22.3. The van der Waals surface area contributed by atoms with Crippen LogP contribution in [0, 0.1) is 5.92 Å². The van der Waals surface area contributed by atoms with Gasteiger partial charge in [-0.2, -0.15) is 0 Å². The van der Waals surface area contributed by atoms with Crippen LogP contribution in [0.3, 0.4) is 0 Å². The Bertz CT molecular complexity index is 1260. The van der Waals surface area contributed by atoms with E-state index in [0.717, 1.165) is 12.8 Å². The van der Waals surface area contributed by atoms with Gasteiger partial charge in [0.25, 0.3) is 0 Å². The van der Waals surface area contributed by atoms with Gasteiger partial charge in [-0.25, -0.2) is 0 Å². The van der Waals surface area contributed by atoms with Crippen molar-refractivity contribution in [2.75, 3.05) is 0 Å². The van der Waals surface area contributed by atoms with E-state index < -0.39 is 16.7 Å². The molecule has 0 unspecified atom stereocenters. The third kappa shape index (κ3) is 4.57. The van der Waals surface area contributed by atoms with Crippen molar-refractivity contribution in [1.82, 2.24) is 0 Å². The lowest BCUT2D eigenvalue weighted by Gasteiger charge is -2.50. The van der Waals surface area contributed by atoms with Gasteiger partial charge in [0.15, 0.2) is 0 Å². The molecular weight excluding hydrogens is 484 g/mol. The molecule has 0 bridgehead atoms. The van der Waals surface area contributed by atoms with E-state index in [-0.39, 0.29) is 23.0 Å². The summed E-state index contributed by atoms with van der Waals surface area (Å²) >= 11 is 0. The Hall–Kier alpha value is -4.44. The van der Waals surface area contributed by atoms with Gasteiger partial charge in [0.2, 0.25) is 0 Å². The molecule has 0 spiro atoms. The highest BCUT2D eigenvalue weighted by molar-refractivity contribution is 5.62. The minimum absolute atomic E-state index is 0.0506. The molecule has 0 heterocycles. The van der Waals surface area contributed by atoms with Gasteiger partial charge in [0.1, 0.15) is 23.0 Å². The summed E-state index contributed by atoms with van der Waals surface area (Å²) in [4.78, 5) is 0. The van der Waals surface area contributed by atoms with E-state index in [1.165, 1.54) is 0 Å². The number of phenolic OH excluding ortho intramolecular Hbond substituents is 4.